The fourth-order valence-corrected chi connectivity index (χ4v) is 12.0. The minimum absolute atomic E-state index is 0.630. The average molecular weight is 655 g/mol. The van der Waals surface area contributed by atoms with E-state index in [4.69, 9.17) is 6.57 Å². The van der Waals surface area contributed by atoms with Crippen LogP contribution in [0.5, 0.6) is 0 Å². The van der Waals surface area contributed by atoms with Gasteiger partial charge in [0.05, 0.1) is 6.57 Å². The van der Waals surface area contributed by atoms with Crippen LogP contribution in [0.1, 0.15) is 0 Å². The van der Waals surface area contributed by atoms with Crippen LogP contribution in [0.4, 0.5) is 22.7 Å². The van der Waals surface area contributed by atoms with Crippen LogP contribution >= 0.6 is 0 Å². The van der Waals surface area contributed by atoms with Crippen LogP contribution in [0, 0.1) is 6.57 Å². The maximum absolute atomic E-state index is 7.44. The summed E-state index contributed by atoms with van der Waals surface area (Å²) in [4.78, 5) is 5.87. The Morgan fingerprint density at radius 3 is 1.26 bits per heavy atom. The minimum atomic E-state index is -2.57. The molecule has 8 rings (SSSR count). The summed E-state index contributed by atoms with van der Waals surface area (Å²) in [6, 6.07) is 74.0. The number of hydrogen-bond donors (Lipinski definition) is 0. The van der Waals surface area contributed by atoms with Gasteiger partial charge in [0.25, 0.3) is 0 Å². The number of rotatable bonds is 8. The molecule has 0 N–H and O–H groups in total. The summed E-state index contributed by atoms with van der Waals surface area (Å²) in [6.45, 7) is 7.44. The number of hydrogen-bond acceptors (Lipinski definition) is 1. The molecule has 2 nitrogen and oxygen atoms in total. The SMILES string of the molecule is [C-]#[N+]c1ccc(N(c2ccc(-c3ccc([Si](c4ccccc4)(c4ccccc4)c4ccccc4)cc3)cc2)c2ccc3ccccc3c2)cc1. The molecule has 236 valence electrons. The van der Waals surface area contributed by atoms with Crippen LogP contribution in [0.25, 0.3) is 26.7 Å². The van der Waals surface area contributed by atoms with Crippen LogP contribution < -0.4 is 25.6 Å². The normalized spacial score (nSPS) is 11.2. The molecule has 0 aromatic heterocycles. The van der Waals surface area contributed by atoms with Crippen LogP contribution in [0.3, 0.4) is 0 Å². The largest absolute Gasteiger partial charge is 0.311 e. The van der Waals surface area contributed by atoms with E-state index in [1.807, 2.05) is 24.3 Å². The second-order valence-electron chi connectivity index (χ2n) is 12.5. The van der Waals surface area contributed by atoms with Gasteiger partial charge in [0.2, 0.25) is 0 Å². The topological polar surface area (TPSA) is 7.60 Å². The lowest BCUT2D eigenvalue weighted by Crippen LogP contribution is -2.74. The monoisotopic (exact) mass is 654 g/mol. The van der Waals surface area contributed by atoms with Crippen molar-refractivity contribution in [3.05, 3.63) is 218 Å². The maximum Gasteiger partial charge on any atom is 0.187 e. The molecule has 0 aliphatic carbocycles. The summed E-state index contributed by atoms with van der Waals surface area (Å²) in [5, 5.41) is 7.85. The zero-order chi connectivity index (χ0) is 33.8. The molecule has 0 aliphatic rings. The predicted molar refractivity (Wildman–Crippen MR) is 214 cm³/mol. The first kappa shape index (κ1) is 30.8. The minimum Gasteiger partial charge on any atom is -0.311 e. The molecule has 0 spiro atoms. The van der Waals surface area contributed by atoms with Crippen LogP contribution in [0.2, 0.25) is 0 Å². The Labute approximate surface area is 295 Å². The van der Waals surface area contributed by atoms with Gasteiger partial charge in [0.1, 0.15) is 0 Å². The van der Waals surface area contributed by atoms with Gasteiger partial charge in [0, 0.05) is 17.1 Å². The first-order valence-electron chi connectivity index (χ1n) is 16.9. The number of nitrogens with zero attached hydrogens (tertiary/aromatic N) is 2. The molecular formula is C47H34N2Si. The first-order valence-corrected chi connectivity index (χ1v) is 18.9. The van der Waals surface area contributed by atoms with Crippen LogP contribution in [0.15, 0.2) is 206 Å². The molecule has 0 unspecified atom stereocenters. The Hall–Kier alpha value is -6.47. The Kier molecular flexibility index (Phi) is 8.37. The van der Waals surface area contributed by atoms with Crippen molar-refractivity contribution in [2.24, 2.45) is 0 Å². The van der Waals surface area contributed by atoms with Gasteiger partial charge >= 0.3 is 0 Å². The number of anilines is 3. The second kappa shape index (κ2) is 13.6. The van der Waals surface area contributed by atoms with Crippen molar-refractivity contribution in [3.8, 4) is 11.1 Å². The summed E-state index contributed by atoms with van der Waals surface area (Å²) in [7, 11) is -2.57. The summed E-state index contributed by atoms with van der Waals surface area (Å²) in [6.07, 6.45) is 0. The quantitative estimate of drug-likeness (QED) is 0.0899. The Morgan fingerprint density at radius 1 is 0.360 bits per heavy atom. The lowest BCUT2D eigenvalue weighted by Gasteiger charge is -2.34. The molecule has 8 aromatic rings. The number of benzene rings is 8. The van der Waals surface area contributed by atoms with Gasteiger partial charge in [-0.15, -0.1) is 0 Å². The van der Waals surface area contributed by atoms with Gasteiger partial charge in [0.15, 0.2) is 13.8 Å². The van der Waals surface area contributed by atoms with Crippen molar-refractivity contribution in [1.29, 1.82) is 0 Å². The molecule has 0 amide bonds. The third-order valence-electron chi connectivity index (χ3n) is 9.63. The van der Waals surface area contributed by atoms with Gasteiger partial charge < -0.3 is 4.90 Å². The molecule has 8 aromatic carbocycles. The van der Waals surface area contributed by atoms with E-state index in [2.05, 4.69) is 192 Å². The van der Waals surface area contributed by atoms with E-state index < -0.39 is 8.07 Å². The molecule has 0 heterocycles. The average Bonchev–Trinajstić information content (AvgIpc) is 3.20. The summed E-state index contributed by atoms with van der Waals surface area (Å²) in [5.74, 6) is 0. The highest BCUT2D eigenvalue weighted by Gasteiger charge is 2.41. The van der Waals surface area contributed by atoms with E-state index in [-0.39, 0.29) is 0 Å². The standard InChI is InChI=1S/C47H34N2Si/c1-48-40-26-31-42(32-27-40)49(43-30-23-36-13-11-12-14-39(36)35-43)41-28-21-37(22-29-41)38-24-33-47(34-25-38)50(44-15-5-2-6-16-44,45-17-7-3-8-18-45)46-19-9-4-10-20-46/h2-35H. The lowest BCUT2D eigenvalue weighted by atomic mass is 10.0. The summed E-state index contributed by atoms with van der Waals surface area (Å²) < 4.78 is 0. The van der Waals surface area contributed by atoms with Crippen molar-refractivity contribution in [2.75, 3.05) is 4.90 Å². The molecule has 3 heteroatoms. The zero-order valence-corrected chi connectivity index (χ0v) is 28.5. The molecule has 0 aliphatic heterocycles. The second-order valence-corrected chi connectivity index (χ2v) is 16.3. The van der Waals surface area contributed by atoms with Crippen molar-refractivity contribution in [3.63, 3.8) is 0 Å². The highest BCUT2D eigenvalue weighted by atomic mass is 28.3. The molecule has 0 radical (unpaired) electrons. The van der Waals surface area contributed by atoms with Crippen molar-refractivity contribution in [1.82, 2.24) is 0 Å². The maximum atomic E-state index is 7.44. The smallest absolute Gasteiger partial charge is 0.187 e. The Bertz CT molecular complexity index is 2300. The van der Waals surface area contributed by atoms with E-state index in [0.717, 1.165) is 22.6 Å². The Morgan fingerprint density at radius 2 is 0.760 bits per heavy atom. The van der Waals surface area contributed by atoms with E-state index >= 15 is 0 Å². The van der Waals surface area contributed by atoms with E-state index in [9.17, 15) is 0 Å². The van der Waals surface area contributed by atoms with Gasteiger partial charge in [-0.05, 0) is 79.0 Å². The van der Waals surface area contributed by atoms with E-state index in [1.54, 1.807) is 0 Å². The lowest BCUT2D eigenvalue weighted by molar-refractivity contribution is 1.29. The van der Waals surface area contributed by atoms with Crippen LogP contribution in [-0.4, -0.2) is 8.07 Å². The third kappa shape index (κ3) is 5.69. The molecule has 50 heavy (non-hydrogen) atoms. The summed E-state index contributed by atoms with van der Waals surface area (Å²) in [5.41, 5.74) is 6.10. The van der Waals surface area contributed by atoms with Gasteiger partial charge in [-0.25, -0.2) is 4.85 Å². The fourth-order valence-electron chi connectivity index (χ4n) is 7.22. The highest BCUT2D eigenvalue weighted by Crippen LogP contribution is 2.37. The fraction of sp³-hybridized carbons (Fsp3) is 0. The zero-order valence-electron chi connectivity index (χ0n) is 27.5. The van der Waals surface area contributed by atoms with Gasteiger partial charge in [-0.2, -0.15) is 0 Å². The molecule has 0 atom stereocenters. The van der Waals surface area contributed by atoms with Crippen molar-refractivity contribution < 1.29 is 0 Å². The van der Waals surface area contributed by atoms with Gasteiger partial charge in [-0.1, -0.05) is 170 Å². The molecule has 0 saturated carbocycles. The van der Waals surface area contributed by atoms with Crippen LogP contribution in [-0.2, 0) is 0 Å². The van der Waals surface area contributed by atoms with Crippen molar-refractivity contribution in [2.45, 2.75) is 0 Å². The molecule has 0 bridgehead atoms. The first-order chi connectivity index (χ1) is 24.7. The molecule has 0 fully saturated rings. The Balaban J connectivity index is 1.19. The molecular weight excluding hydrogens is 621 g/mol. The molecule has 0 saturated heterocycles. The van der Waals surface area contributed by atoms with E-state index in [1.165, 1.54) is 37.1 Å². The number of fused-ring (bicyclic) bond motifs is 1. The summed E-state index contributed by atoms with van der Waals surface area (Å²) >= 11 is 0. The van der Waals surface area contributed by atoms with E-state index in [0.29, 0.717) is 5.69 Å². The predicted octanol–water partition coefficient (Wildman–Crippen LogP) is 9.90. The highest BCUT2D eigenvalue weighted by molar-refractivity contribution is 7.19. The van der Waals surface area contributed by atoms with Gasteiger partial charge in [-0.3, -0.25) is 0 Å². The third-order valence-corrected chi connectivity index (χ3v) is 14.4. The van der Waals surface area contributed by atoms with Crippen molar-refractivity contribution >= 4 is 62.3 Å².